The highest BCUT2D eigenvalue weighted by Gasteiger charge is 2.24. The maximum absolute atomic E-state index is 8.93. The summed E-state index contributed by atoms with van der Waals surface area (Å²) in [4.78, 5) is 0. The highest BCUT2D eigenvalue weighted by Crippen LogP contribution is 2.24. The normalized spacial score (nSPS) is 20.6. The molecule has 0 aromatic rings. The Morgan fingerprint density at radius 1 is 0.889 bits per heavy atom. The van der Waals surface area contributed by atoms with Crippen LogP contribution in [0, 0.1) is 0 Å². The van der Waals surface area contributed by atoms with Gasteiger partial charge >= 0.3 is 0 Å². The molecule has 18 heavy (non-hydrogen) atoms. The van der Waals surface area contributed by atoms with E-state index < -0.39 is 5.79 Å². The molecular formula is C14H30O4. The lowest BCUT2D eigenvalue weighted by molar-refractivity contribution is -0.180. The predicted molar refractivity (Wildman–Crippen MR) is 74.1 cm³/mol. The van der Waals surface area contributed by atoms with E-state index in [1.165, 1.54) is 0 Å². The van der Waals surface area contributed by atoms with Gasteiger partial charge in [0, 0.05) is 12.8 Å². The minimum Gasteiger partial charge on any atom is -0.393 e. The Bertz CT molecular complexity index is 163. The number of rotatable bonds is 3. The topological polar surface area (TPSA) is 80.9 Å². The molecule has 110 valence electrons. The summed E-state index contributed by atoms with van der Waals surface area (Å²) < 4.78 is 0. The lowest BCUT2D eigenvalue weighted by Crippen LogP contribution is -2.30. The minimum absolute atomic E-state index is 0.274. The summed E-state index contributed by atoms with van der Waals surface area (Å²) in [6, 6.07) is 0. The molecule has 4 nitrogen and oxygen atoms in total. The molecule has 0 heterocycles. The Labute approximate surface area is 111 Å². The molecule has 0 aliphatic heterocycles. The third-order valence-electron chi connectivity index (χ3n) is 2.66. The van der Waals surface area contributed by atoms with E-state index in [1.807, 2.05) is 0 Å². The third-order valence-corrected chi connectivity index (χ3v) is 2.66. The van der Waals surface area contributed by atoms with Gasteiger partial charge in [-0.2, -0.15) is 0 Å². The molecule has 2 atom stereocenters. The molecule has 4 N–H and O–H groups in total. The van der Waals surface area contributed by atoms with Gasteiger partial charge in [-0.25, -0.2) is 0 Å². The second-order valence-corrected chi connectivity index (χ2v) is 4.82. The van der Waals surface area contributed by atoms with E-state index in [9.17, 15) is 0 Å². The summed E-state index contributed by atoms with van der Waals surface area (Å²) in [6.45, 7) is 9.45. The van der Waals surface area contributed by atoms with Crippen molar-refractivity contribution in [3.8, 4) is 0 Å². The van der Waals surface area contributed by atoms with Crippen molar-refractivity contribution in [1.29, 1.82) is 0 Å². The lowest BCUT2D eigenvalue weighted by Gasteiger charge is -2.25. The highest BCUT2D eigenvalue weighted by molar-refractivity contribution is 4.69. The van der Waals surface area contributed by atoms with Crippen molar-refractivity contribution in [3.63, 3.8) is 0 Å². The van der Waals surface area contributed by atoms with E-state index in [0.29, 0.717) is 25.7 Å². The van der Waals surface area contributed by atoms with E-state index in [0.717, 1.165) is 19.3 Å². The minimum atomic E-state index is -1.32. The van der Waals surface area contributed by atoms with Crippen molar-refractivity contribution in [2.75, 3.05) is 0 Å². The monoisotopic (exact) mass is 262 g/mol. The van der Waals surface area contributed by atoms with Crippen LogP contribution in [0.5, 0.6) is 0 Å². The number of hydrogen-bond donors (Lipinski definition) is 4. The van der Waals surface area contributed by atoms with E-state index in [1.54, 1.807) is 13.8 Å². The van der Waals surface area contributed by atoms with Gasteiger partial charge in [0.2, 0.25) is 0 Å². The van der Waals surface area contributed by atoms with Crippen molar-refractivity contribution < 1.29 is 20.4 Å². The molecule has 0 aromatic heterocycles. The van der Waals surface area contributed by atoms with Crippen LogP contribution in [0.15, 0.2) is 13.2 Å². The van der Waals surface area contributed by atoms with E-state index >= 15 is 0 Å². The van der Waals surface area contributed by atoms with Gasteiger partial charge in [-0.05, 0) is 39.5 Å². The van der Waals surface area contributed by atoms with Crippen LogP contribution in [0.25, 0.3) is 0 Å². The van der Waals surface area contributed by atoms with Gasteiger partial charge in [0.05, 0.1) is 12.2 Å². The first kappa shape index (κ1) is 19.9. The zero-order chi connectivity index (χ0) is 14.6. The van der Waals surface area contributed by atoms with Gasteiger partial charge in [0.15, 0.2) is 5.79 Å². The maximum Gasteiger partial charge on any atom is 0.162 e. The molecule has 1 aliphatic rings. The van der Waals surface area contributed by atoms with Crippen molar-refractivity contribution in [2.24, 2.45) is 0 Å². The van der Waals surface area contributed by atoms with Crippen LogP contribution in [-0.2, 0) is 0 Å². The Morgan fingerprint density at radius 2 is 1.22 bits per heavy atom. The zero-order valence-corrected chi connectivity index (χ0v) is 11.8. The standard InChI is InChI=1S/C6H12O2.C6H14O2.C2H4/c7-6(8)4-2-1-3-5-6;1-5(7)3-4-6(2)8;1-2/h7-8H,1-5H2;5-8H,3-4H2,1-2H3;1-2H2. The Morgan fingerprint density at radius 3 is 1.39 bits per heavy atom. The molecule has 0 bridgehead atoms. The second-order valence-electron chi connectivity index (χ2n) is 4.82. The molecule has 1 rings (SSSR count). The molecule has 0 spiro atoms. The quantitative estimate of drug-likeness (QED) is 0.463. The fourth-order valence-electron chi connectivity index (χ4n) is 1.60. The van der Waals surface area contributed by atoms with E-state index in [-0.39, 0.29) is 12.2 Å². The average molecular weight is 262 g/mol. The first-order valence-corrected chi connectivity index (χ1v) is 6.64. The summed E-state index contributed by atoms with van der Waals surface area (Å²) in [5.74, 6) is -1.32. The van der Waals surface area contributed by atoms with Crippen LogP contribution in [-0.4, -0.2) is 38.4 Å². The number of aliphatic hydroxyl groups excluding tert-OH is 2. The van der Waals surface area contributed by atoms with Crippen molar-refractivity contribution in [3.05, 3.63) is 13.2 Å². The first-order valence-electron chi connectivity index (χ1n) is 6.64. The number of hydrogen-bond acceptors (Lipinski definition) is 4. The Balaban J connectivity index is 0. The van der Waals surface area contributed by atoms with Gasteiger partial charge in [-0.15, -0.1) is 13.2 Å². The SMILES string of the molecule is C=C.CC(O)CCC(C)O.OC1(O)CCCCC1. The molecule has 0 aromatic carbocycles. The van der Waals surface area contributed by atoms with Crippen molar-refractivity contribution >= 4 is 0 Å². The second kappa shape index (κ2) is 11.7. The Kier molecular flexibility index (Phi) is 12.9. The maximum atomic E-state index is 8.93. The molecule has 0 radical (unpaired) electrons. The van der Waals surface area contributed by atoms with E-state index in [4.69, 9.17) is 20.4 Å². The van der Waals surface area contributed by atoms with Crippen LogP contribution in [0.1, 0.15) is 58.8 Å². The number of aliphatic hydroxyl groups is 4. The molecule has 1 fully saturated rings. The van der Waals surface area contributed by atoms with Crippen LogP contribution < -0.4 is 0 Å². The van der Waals surface area contributed by atoms with Crippen LogP contribution in [0.3, 0.4) is 0 Å². The molecule has 1 aliphatic carbocycles. The van der Waals surface area contributed by atoms with E-state index in [2.05, 4.69) is 13.2 Å². The molecule has 0 saturated heterocycles. The van der Waals surface area contributed by atoms with Gasteiger partial charge in [0.25, 0.3) is 0 Å². The summed E-state index contributed by atoms with van der Waals surface area (Å²) in [6.07, 6.45) is 5.05. The summed E-state index contributed by atoms with van der Waals surface area (Å²) in [7, 11) is 0. The zero-order valence-electron chi connectivity index (χ0n) is 11.8. The fourth-order valence-corrected chi connectivity index (χ4v) is 1.60. The molecular weight excluding hydrogens is 232 g/mol. The first-order chi connectivity index (χ1) is 8.33. The van der Waals surface area contributed by atoms with Gasteiger partial charge in [-0.1, -0.05) is 6.42 Å². The largest absolute Gasteiger partial charge is 0.393 e. The van der Waals surface area contributed by atoms with Crippen LogP contribution >= 0.6 is 0 Å². The third kappa shape index (κ3) is 15.6. The fraction of sp³-hybridized carbons (Fsp3) is 0.857. The Hall–Kier alpha value is -0.420. The predicted octanol–water partition coefficient (Wildman–Crippen LogP) is 1.96. The van der Waals surface area contributed by atoms with Gasteiger partial charge in [-0.3, -0.25) is 0 Å². The van der Waals surface area contributed by atoms with Crippen molar-refractivity contribution in [1.82, 2.24) is 0 Å². The molecule has 2 unspecified atom stereocenters. The average Bonchev–Trinajstić information content (AvgIpc) is 2.29. The van der Waals surface area contributed by atoms with Crippen molar-refractivity contribution in [2.45, 2.75) is 76.8 Å². The molecule has 0 amide bonds. The van der Waals surface area contributed by atoms with Gasteiger partial charge < -0.3 is 20.4 Å². The molecule has 1 saturated carbocycles. The smallest absolute Gasteiger partial charge is 0.162 e. The summed E-state index contributed by atoms with van der Waals surface area (Å²) in [5.41, 5.74) is 0. The summed E-state index contributed by atoms with van der Waals surface area (Å²) >= 11 is 0. The van der Waals surface area contributed by atoms with Crippen LogP contribution in [0.4, 0.5) is 0 Å². The molecule has 4 heteroatoms. The highest BCUT2D eigenvalue weighted by atomic mass is 16.5. The van der Waals surface area contributed by atoms with Crippen LogP contribution in [0.2, 0.25) is 0 Å². The summed E-state index contributed by atoms with van der Waals surface area (Å²) in [5, 5.41) is 35.2. The lowest BCUT2D eigenvalue weighted by atomic mass is 9.95. The van der Waals surface area contributed by atoms with Gasteiger partial charge in [0.1, 0.15) is 0 Å².